The third kappa shape index (κ3) is 5.70. The lowest BCUT2D eigenvalue weighted by Crippen LogP contribution is -2.38. The molecule has 29 heavy (non-hydrogen) atoms. The Bertz CT molecular complexity index is 997. The molecule has 0 aromatic heterocycles. The summed E-state index contributed by atoms with van der Waals surface area (Å²) in [7, 11) is -3.72. The molecule has 0 unspecified atom stereocenters. The fourth-order valence-electron chi connectivity index (χ4n) is 3.69. The Morgan fingerprint density at radius 1 is 0.966 bits per heavy atom. The van der Waals surface area contributed by atoms with E-state index in [2.05, 4.69) is 15.4 Å². The molecule has 0 heterocycles. The molecule has 5 nitrogen and oxygen atoms in total. The summed E-state index contributed by atoms with van der Waals surface area (Å²) in [5.41, 5.74) is 3.90. The Balaban J connectivity index is 1.75. The van der Waals surface area contributed by atoms with Gasteiger partial charge in [0.1, 0.15) is 0 Å². The molecular formula is C22H29N3O2S2. The standard InChI is InChI=1S/C22H29N3O2S2/c1-15-9-12-20(17(3)13-15)25-29(26,27)21-14-19(11-10-16(21)2)24-22(28)23-18-7-5-4-6-8-18/h9-14,18,25H,4-8H2,1-3H3,(H2,23,24,28). The van der Waals surface area contributed by atoms with E-state index < -0.39 is 10.0 Å². The Labute approximate surface area is 179 Å². The molecule has 0 saturated heterocycles. The highest BCUT2D eigenvalue weighted by Gasteiger charge is 2.19. The first-order valence-electron chi connectivity index (χ1n) is 10.0. The molecule has 1 saturated carbocycles. The van der Waals surface area contributed by atoms with Crippen LogP contribution >= 0.6 is 12.2 Å². The van der Waals surface area contributed by atoms with Crippen molar-refractivity contribution in [3.63, 3.8) is 0 Å². The van der Waals surface area contributed by atoms with E-state index in [0.717, 1.165) is 24.0 Å². The average Bonchev–Trinajstić information content (AvgIpc) is 2.66. The highest BCUT2D eigenvalue weighted by molar-refractivity contribution is 7.92. The second-order valence-corrected chi connectivity index (χ2v) is 9.90. The fraction of sp³-hybridized carbons (Fsp3) is 0.409. The maximum Gasteiger partial charge on any atom is 0.262 e. The topological polar surface area (TPSA) is 70.2 Å². The smallest absolute Gasteiger partial charge is 0.262 e. The van der Waals surface area contributed by atoms with Gasteiger partial charge in [-0.15, -0.1) is 0 Å². The van der Waals surface area contributed by atoms with Crippen molar-refractivity contribution < 1.29 is 8.42 Å². The minimum Gasteiger partial charge on any atom is -0.360 e. The lowest BCUT2D eigenvalue weighted by atomic mass is 9.96. The summed E-state index contributed by atoms with van der Waals surface area (Å²) in [5, 5.41) is 7.02. The van der Waals surface area contributed by atoms with Gasteiger partial charge in [-0.2, -0.15) is 0 Å². The van der Waals surface area contributed by atoms with Gasteiger partial charge in [0.05, 0.1) is 10.6 Å². The monoisotopic (exact) mass is 431 g/mol. The van der Waals surface area contributed by atoms with Gasteiger partial charge >= 0.3 is 0 Å². The van der Waals surface area contributed by atoms with Crippen LogP contribution in [0.15, 0.2) is 41.3 Å². The van der Waals surface area contributed by atoms with Crippen molar-refractivity contribution in [2.24, 2.45) is 0 Å². The van der Waals surface area contributed by atoms with Crippen molar-refractivity contribution >= 4 is 38.7 Å². The van der Waals surface area contributed by atoms with Gasteiger partial charge in [0.15, 0.2) is 5.11 Å². The number of hydrogen-bond acceptors (Lipinski definition) is 3. The van der Waals surface area contributed by atoms with Crippen LogP contribution in [0.2, 0.25) is 0 Å². The van der Waals surface area contributed by atoms with Crippen LogP contribution in [-0.4, -0.2) is 19.6 Å². The summed E-state index contributed by atoms with van der Waals surface area (Å²) < 4.78 is 28.8. The van der Waals surface area contributed by atoms with Gasteiger partial charge in [-0.05, 0) is 75.2 Å². The Kier molecular flexibility index (Phi) is 6.80. The number of nitrogens with one attached hydrogen (secondary N) is 3. The predicted octanol–water partition coefficient (Wildman–Crippen LogP) is 5.03. The molecule has 0 aliphatic heterocycles. The highest BCUT2D eigenvalue weighted by atomic mass is 32.2. The van der Waals surface area contributed by atoms with Gasteiger partial charge in [0.2, 0.25) is 0 Å². The molecule has 2 aromatic carbocycles. The summed E-state index contributed by atoms with van der Waals surface area (Å²) >= 11 is 5.43. The molecule has 3 N–H and O–H groups in total. The molecule has 1 aliphatic rings. The summed E-state index contributed by atoms with van der Waals surface area (Å²) in [4.78, 5) is 0.239. The number of anilines is 2. The van der Waals surface area contributed by atoms with Crippen LogP contribution < -0.4 is 15.4 Å². The summed E-state index contributed by atoms with van der Waals surface area (Å²) in [6.45, 7) is 5.67. The molecule has 0 radical (unpaired) electrons. The van der Waals surface area contributed by atoms with E-state index in [1.165, 1.54) is 19.3 Å². The van der Waals surface area contributed by atoms with E-state index in [9.17, 15) is 8.42 Å². The lowest BCUT2D eigenvalue weighted by molar-refractivity contribution is 0.415. The van der Waals surface area contributed by atoms with Gasteiger partial charge in [-0.1, -0.05) is 43.0 Å². The summed E-state index contributed by atoms with van der Waals surface area (Å²) in [5.74, 6) is 0. The van der Waals surface area contributed by atoms with Crippen molar-refractivity contribution in [1.82, 2.24) is 5.32 Å². The molecule has 7 heteroatoms. The molecule has 0 spiro atoms. The van der Waals surface area contributed by atoms with Crippen LogP contribution in [0.4, 0.5) is 11.4 Å². The van der Waals surface area contributed by atoms with Crippen LogP contribution in [-0.2, 0) is 10.0 Å². The van der Waals surface area contributed by atoms with Crippen molar-refractivity contribution in [2.75, 3.05) is 10.0 Å². The van der Waals surface area contributed by atoms with E-state index in [1.807, 2.05) is 32.0 Å². The zero-order valence-electron chi connectivity index (χ0n) is 17.2. The second kappa shape index (κ2) is 9.13. The Morgan fingerprint density at radius 2 is 1.69 bits per heavy atom. The van der Waals surface area contributed by atoms with Crippen LogP contribution in [0.5, 0.6) is 0 Å². The first-order chi connectivity index (χ1) is 13.7. The largest absolute Gasteiger partial charge is 0.360 e. The fourth-order valence-corrected chi connectivity index (χ4v) is 5.38. The number of rotatable bonds is 5. The van der Waals surface area contributed by atoms with Crippen LogP contribution in [0, 0.1) is 20.8 Å². The number of aryl methyl sites for hydroxylation is 3. The normalized spacial score (nSPS) is 15.0. The van der Waals surface area contributed by atoms with E-state index in [-0.39, 0.29) is 4.90 Å². The van der Waals surface area contributed by atoms with Gasteiger partial charge in [0.25, 0.3) is 10.0 Å². The quantitative estimate of drug-likeness (QED) is 0.579. The molecule has 156 valence electrons. The number of hydrogen-bond donors (Lipinski definition) is 3. The van der Waals surface area contributed by atoms with Gasteiger partial charge < -0.3 is 10.6 Å². The molecule has 1 aliphatic carbocycles. The minimum atomic E-state index is -3.72. The molecule has 2 aromatic rings. The highest BCUT2D eigenvalue weighted by Crippen LogP contribution is 2.25. The van der Waals surface area contributed by atoms with Gasteiger partial charge in [-0.25, -0.2) is 8.42 Å². The maximum absolute atomic E-state index is 13.0. The molecule has 0 amide bonds. The molecule has 0 bridgehead atoms. The van der Waals surface area contributed by atoms with Crippen molar-refractivity contribution in [3.05, 3.63) is 53.1 Å². The number of benzene rings is 2. The van der Waals surface area contributed by atoms with Gasteiger partial charge in [0, 0.05) is 11.7 Å². The lowest BCUT2D eigenvalue weighted by Gasteiger charge is -2.24. The van der Waals surface area contributed by atoms with Crippen molar-refractivity contribution in [2.45, 2.75) is 63.8 Å². The Hall–Kier alpha value is -2.12. The summed E-state index contributed by atoms with van der Waals surface area (Å²) in [6.07, 6.45) is 5.96. The molecular weight excluding hydrogens is 402 g/mol. The third-order valence-electron chi connectivity index (χ3n) is 5.30. The van der Waals surface area contributed by atoms with Crippen LogP contribution in [0.3, 0.4) is 0 Å². The SMILES string of the molecule is Cc1ccc(NS(=O)(=O)c2cc(NC(=S)NC3CCCCC3)ccc2C)c(C)c1. The molecule has 0 atom stereocenters. The van der Waals surface area contributed by atoms with E-state index in [1.54, 1.807) is 25.1 Å². The Morgan fingerprint density at radius 3 is 2.38 bits per heavy atom. The van der Waals surface area contributed by atoms with Crippen LogP contribution in [0.1, 0.15) is 48.8 Å². The molecule has 1 fully saturated rings. The number of thiocarbonyl (C=S) groups is 1. The average molecular weight is 432 g/mol. The maximum atomic E-state index is 13.0. The zero-order chi connectivity index (χ0) is 21.0. The first kappa shape index (κ1) is 21.6. The minimum absolute atomic E-state index is 0.239. The van der Waals surface area contributed by atoms with E-state index >= 15 is 0 Å². The molecule has 3 rings (SSSR count). The van der Waals surface area contributed by atoms with Crippen molar-refractivity contribution in [1.29, 1.82) is 0 Å². The summed E-state index contributed by atoms with van der Waals surface area (Å²) in [6, 6.07) is 11.3. The van der Waals surface area contributed by atoms with Gasteiger partial charge in [-0.3, -0.25) is 4.72 Å². The van der Waals surface area contributed by atoms with E-state index in [4.69, 9.17) is 12.2 Å². The predicted molar refractivity (Wildman–Crippen MR) is 124 cm³/mol. The first-order valence-corrected chi connectivity index (χ1v) is 11.9. The van der Waals surface area contributed by atoms with Crippen LogP contribution in [0.25, 0.3) is 0 Å². The second-order valence-electron chi connectivity index (χ2n) is 7.84. The van der Waals surface area contributed by atoms with E-state index in [0.29, 0.717) is 28.1 Å². The van der Waals surface area contributed by atoms with Crippen molar-refractivity contribution in [3.8, 4) is 0 Å². The zero-order valence-corrected chi connectivity index (χ0v) is 18.8. The number of sulfonamides is 1. The third-order valence-corrected chi connectivity index (χ3v) is 7.03.